The molecule has 1 aliphatic carbocycles. The molecule has 4 N–H and O–H groups in total. The first-order valence-electron chi connectivity index (χ1n) is 8.53. The number of para-hydroxylation sites is 1. The molecular weight excluding hydrogens is 314 g/mol. The van der Waals surface area contributed by atoms with Gasteiger partial charge in [-0.25, -0.2) is 4.98 Å². The van der Waals surface area contributed by atoms with Crippen molar-refractivity contribution in [3.8, 4) is 11.4 Å². The van der Waals surface area contributed by atoms with Crippen molar-refractivity contribution in [2.45, 2.75) is 31.7 Å². The highest BCUT2D eigenvalue weighted by molar-refractivity contribution is 5.93. The van der Waals surface area contributed by atoms with E-state index in [0.717, 1.165) is 41.4 Å². The number of nitrogens with two attached hydrogens (primary N) is 1. The van der Waals surface area contributed by atoms with Crippen molar-refractivity contribution in [1.29, 1.82) is 0 Å². The molecule has 1 fully saturated rings. The Morgan fingerprint density at radius 1 is 1.32 bits per heavy atom. The minimum atomic E-state index is -0.255. The highest BCUT2D eigenvalue weighted by Gasteiger charge is 2.32. The van der Waals surface area contributed by atoms with Crippen LogP contribution in [-0.4, -0.2) is 32.9 Å². The van der Waals surface area contributed by atoms with Crippen LogP contribution in [-0.2, 0) is 0 Å². The average Bonchev–Trinajstić information content (AvgIpc) is 2.95. The van der Waals surface area contributed by atoms with Gasteiger partial charge >= 0.3 is 0 Å². The predicted molar refractivity (Wildman–Crippen MR) is 97.2 cm³/mol. The molecule has 0 atom stereocenters. The van der Waals surface area contributed by atoms with Crippen molar-refractivity contribution in [1.82, 2.24) is 20.3 Å². The molecule has 0 unspecified atom stereocenters. The van der Waals surface area contributed by atoms with Crippen molar-refractivity contribution >= 4 is 16.8 Å². The van der Waals surface area contributed by atoms with Crippen molar-refractivity contribution < 1.29 is 4.79 Å². The number of aryl methyl sites for hydroxylation is 1. The van der Waals surface area contributed by atoms with E-state index in [1.165, 1.54) is 6.20 Å². The number of H-pyrrole nitrogens is 1. The standard InChI is InChI=1S/C19H21N5O/c1-12-13-5-2-3-6-14(13)24-17(12)15-9-21-10-16(23-15)18(25)22-11-19(20)7-4-8-19/h2-3,5-6,9-10,24H,4,7-8,11,20H2,1H3,(H,22,25). The number of fused-ring (bicyclic) bond motifs is 1. The molecule has 0 aliphatic heterocycles. The van der Waals surface area contributed by atoms with Crippen LogP contribution in [0, 0.1) is 6.92 Å². The summed E-state index contributed by atoms with van der Waals surface area (Å²) in [6.07, 6.45) is 6.19. The van der Waals surface area contributed by atoms with Gasteiger partial charge in [-0.2, -0.15) is 0 Å². The van der Waals surface area contributed by atoms with E-state index >= 15 is 0 Å². The number of nitrogens with one attached hydrogen (secondary N) is 2. The van der Waals surface area contributed by atoms with Crippen LogP contribution in [0.3, 0.4) is 0 Å². The normalized spacial score (nSPS) is 15.8. The molecule has 1 aliphatic rings. The smallest absolute Gasteiger partial charge is 0.271 e. The monoisotopic (exact) mass is 335 g/mol. The summed E-state index contributed by atoms with van der Waals surface area (Å²) in [4.78, 5) is 24.5. The van der Waals surface area contributed by atoms with Gasteiger partial charge in [-0.3, -0.25) is 9.78 Å². The first kappa shape index (κ1) is 15.8. The molecule has 128 valence electrons. The van der Waals surface area contributed by atoms with Crippen molar-refractivity contribution in [3.63, 3.8) is 0 Å². The molecule has 1 amide bonds. The molecule has 0 radical (unpaired) electrons. The number of nitrogens with zero attached hydrogens (tertiary/aromatic N) is 2. The molecule has 6 nitrogen and oxygen atoms in total. The van der Waals surface area contributed by atoms with Crippen LogP contribution in [0.5, 0.6) is 0 Å². The van der Waals surface area contributed by atoms with E-state index < -0.39 is 0 Å². The number of hydrogen-bond acceptors (Lipinski definition) is 4. The van der Waals surface area contributed by atoms with Gasteiger partial charge in [-0.05, 0) is 37.8 Å². The second kappa shape index (κ2) is 5.97. The molecule has 1 saturated carbocycles. The molecule has 3 aromatic rings. The van der Waals surface area contributed by atoms with Crippen LogP contribution < -0.4 is 11.1 Å². The maximum Gasteiger partial charge on any atom is 0.271 e. The van der Waals surface area contributed by atoms with Gasteiger partial charge in [0.1, 0.15) is 11.4 Å². The van der Waals surface area contributed by atoms with Gasteiger partial charge in [0, 0.05) is 23.0 Å². The Balaban J connectivity index is 1.60. The Morgan fingerprint density at radius 3 is 2.84 bits per heavy atom. The predicted octanol–water partition coefficient (Wildman–Crippen LogP) is 2.54. The zero-order valence-electron chi connectivity index (χ0n) is 14.2. The maximum atomic E-state index is 12.4. The van der Waals surface area contributed by atoms with Gasteiger partial charge in [0.15, 0.2) is 0 Å². The zero-order chi connectivity index (χ0) is 17.4. The highest BCUT2D eigenvalue weighted by Crippen LogP contribution is 2.29. The zero-order valence-corrected chi connectivity index (χ0v) is 14.2. The van der Waals surface area contributed by atoms with Gasteiger partial charge in [-0.1, -0.05) is 18.2 Å². The molecule has 2 aromatic heterocycles. The Hall–Kier alpha value is -2.73. The van der Waals surface area contributed by atoms with Crippen molar-refractivity contribution in [2.75, 3.05) is 6.54 Å². The van der Waals surface area contributed by atoms with E-state index in [0.29, 0.717) is 17.9 Å². The van der Waals surface area contributed by atoms with Crippen LogP contribution in [0.1, 0.15) is 35.3 Å². The van der Waals surface area contributed by atoms with Gasteiger partial charge in [-0.15, -0.1) is 0 Å². The largest absolute Gasteiger partial charge is 0.353 e. The Bertz CT molecular complexity index is 942. The number of rotatable bonds is 4. The number of hydrogen-bond donors (Lipinski definition) is 3. The summed E-state index contributed by atoms with van der Waals surface area (Å²) in [5.41, 5.74) is 9.89. The average molecular weight is 335 g/mol. The van der Waals surface area contributed by atoms with Gasteiger partial charge in [0.05, 0.1) is 18.1 Å². The van der Waals surface area contributed by atoms with E-state index in [-0.39, 0.29) is 11.4 Å². The number of benzene rings is 1. The van der Waals surface area contributed by atoms with Crippen molar-refractivity contribution in [3.05, 3.63) is 47.9 Å². The summed E-state index contributed by atoms with van der Waals surface area (Å²) in [6, 6.07) is 8.08. The lowest BCUT2D eigenvalue weighted by Crippen LogP contribution is -2.55. The van der Waals surface area contributed by atoms with Crippen LogP contribution in [0.25, 0.3) is 22.3 Å². The molecule has 0 spiro atoms. The van der Waals surface area contributed by atoms with E-state index in [2.05, 4.69) is 26.3 Å². The fraction of sp³-hybridized carbons (Fsp3) is 0.316. The lowest BCUT2D eigenvalue weighted by Gasteiger charge is -2.38. The summed E-state index contributed by atoms with van der Waals surface area (Å²) in [7, 11) is 0. The molecule has 25 heavy (non-hydrogen) atoms. The third-order valence-electron chi connectivity index (χ3n) is 5.04. The Labute approximate surface area is 145 Å². The molecule has 6 heteroatoms. The topological polar surface area (TPSA) is 96.7 Å². The number of aromatic nitrogens is 3. The van der Waals surface area contributed by atoms with Gasteiger partial charge < -0.3 is 16.0 Å². The quantitative estimate of drug-likeness (QED) is 0.682. The third-order valence-corrected chi connectivity index (χ3v) is 5.04. The first-order chi connectivity index (χ1) is 12.1. The number of carbonyl (C=O) groups is 1. The summed E-state index contributed by atoms with van der Waals surface area (Å²) in [5, 5.41) is 4.03. The third kappa shape index (κ3) is 2.89. The summed E-state index contributed by atoms with van der Waals surface area (Å²) >= 11 is 0. The molecule has 0 bridgehead atoms. The van der Waals surface area contributed by atoms with Crippen LogP contribution in [0.2, 0.25) is 0 Å². The van der Waals surface area contributed by atoms with E-state index in [4.69, 9.17) is 5.73 Å². The molecule has 2 heterocycles. The fourth-order valence-corrected chi connectivity index (χ4v) is 3.29. The molecular formula is C19H21N5O. The first-order valence-corrected chi connectivity index (χ1v) is 8.53. The minimum Gasteiger partial charge on any atom is -0.353 e. The molecule has 1 aromatic carbocycles. The van der Waals surface area contributed by atoms with Crippen LogP contribution in [0.15, 0.2) is 36.7 Å². The number of amides is 1. The lowest BCUT2D eigenvalue weighted by molar-refractivity contribution is 0.0924. The molecule has 4 rings (SSSR count). The lowest BCUT2D eigenvalue weighted by atomic mass is 9.78. The van der Waals surface area contributed by atoms with E-state index in [1.807, 2.05) is 25.1 Å². The summed E-state index contributed by atoms with van der Waals surface area (Å²) in [5.74, 6) is -0.236. The highest BCUT2D eigenvalue weighted by atomic mass is 16.1. The molecule has 0 saturated heterocycles. The SMILES string of the molecule is Cc1c(-c2cncc(C(=O)NCC3(N)CCC3)n2)[nH]c2ccccc12. The second-order valence-electron chi connectivity index (χ2n) is 6.86. The van der Waals surface area contributed by atoms with Gasteiger partial charge in [0.2, 0.25) is 0 Å². The Morgan fingerprint density at radius 2 is 2.12 bits per heavy atom. The van der Waals surface area contributed by atoms with Gasteiger partial charge in [0.25, 0.3) is 5.91 Å². The minimum absolute atomic E-state index is 0.236. The fourth-order valence-electron chi connectivity index (χ4n) is 3.29. The summed E-state index contributed by atoms with van der Waals surface area (Å²) in [6.45, 7) is 2.51. The maximum absolute atomic E-state index is 12.4. The van der Waals surface area contributed by atoms with Crippen molar-refractivity contribution in [2.24, 2.45) is 5.73 Å². The van der Waals surface area contributed by atoms with Crippen LogP contribution >= 0.6 is 0 Å². The van der Waals surface area contributed by atoms with Crippen LogP contribution in [0.4, 0.5) is 0 Å². The van der Waals surface area contributed by atoms with E-state index in [9.17, 15) is 4.79 Å². The van der Waals surface area contributed by atoms with E-state index in [1.54, 1.807) is 6.20 Å². The second-order valence-corrected chi connectivity index (χ2v) is 6.86. The Kier molecular flexibility index (Phi) is 3.77. The number of carbonyl (C=O) groups excluding carboxylic acids is 1. The number of aromatic amines is 1. The summed E-state index contributed by atoms with van der Waals surface area (Å²) < 4.78 is 0.